The first-order chi connectivity index (χ1) is 12.2. The molecule has 128 valence electrons. The molecule has 0 aliphatic rings. The van der Waals surface area contributed by atoms with Crippen molar-refractivity contribution in [1.29, 1.82) is 5.26 Å². The summed E-state index contributed by atoms with van der Waals surface area (Å²) in [5.41, 5.74) is 2.98. The smallest absolute Gasteiger partial charge is 0.162 e. The Labute approximate surface area is 152 Å². The van der Waals surface area contributed by atoms with E-state index in [0.29, 0.717) is 5.56 Å². The minimum atomic E-state index is 0.698. The Morgan fingerprint density at radius 3 is 2.60 bits per heavy atom. The molecule has 25 heavy (non-hydrogen) atoms. The van der Waals surface area contributed by atoms with Crippen LogP contribution in [-0.2, 0) is 13.1 Å². The molecule has 3 rings (SSSR count). The summed E-state index contributed by atoms with van der Waals surface area (Å²) in [6, 6.07) is 13.9. The van der Waals surface area contributed by atoms with E-state index in [2.05, 4.69) is 23.3 Å². The number of benzene rings is 1. The first-order valence-electron chi connectivity index (χ1n) is 8.40. The van der Waals surface area contributed by atoms with Crippen LogP contribution in [0, 0.1) is 18.3 Å². The van der Waals surface area contributed by atoms with Crippen molar-refractivity contribution in [1.82, 2.24) is 9.88 Å². The molecule has 0 radical (unpaired) electrons. The zero-order valence-corrected chi connectivity index (χ0v) is 15.3. The molecule has 0 saturated heterocycles. The summed E-state index contributed by atoms with van der Waals surface area (Å²) >= 11 is 1.62. The third-order valence-corrected chi connectivity index (χ3v) is 4.82. The monoisotopic (exact) mass is 351 g/mol. The molecule has 1 aromatic carbocycles. The molecular weight excluding hydrogens is 330 g/mol. The van der Waals surface area contributed by atoms with Crippen LogP contribution in [0.5, 0.6) is 0 Å². The van der Waals surface area contributed by atoms with Crippen LogP contribution in [0.4, 0.5) is 0 Å². The lowest BCUT2D eigenvalue weighted by Crippen LogP contribution is -2.23. The third-order valence-electron chi connectivity index (χ3n) is 3.92. The van der Waals surface area contributed by atoms with Gasteiger partial charge in [0.15, 0.2) is 10.8 Å². The van der Waals surface area contributed by atoms with E-state index in [1.165, 1.54) is 5.56 Å². The SMILES string of the molecule is CCCN(Cc1ccc(C#N)cc1)Cc1csc(-c2ccc(C)o2)n1. The highest BCUT2D eigenvalue weighted by Gasteiger charge is 2.12. The lowest BCUT2D eigenvalue weighted by atomic mass is 10.1. The second-order valence-electron chi connectivity index (χ2n) is 6.07. The van der Waals surface area contributed by atoms with Crippen molar-refractivity contribution in [2.24, 2.45) is 0 Å². The van der Waals surface area contributed by atoms with Crippen molar-refractivity contribution in [3.63, 3.8) is 0 Å². The molecule has 0 fully saturated rings. The van der Waals surface area contributed by atoms with Crippen LogP contribution >= 0.6 is 11.3 Å². The van der Waals surface area contributed by atoms with E-state index in [9.17, 15) is 0 Å². The molecule has 3 aromatic rings. The average molecular weight is 351 g/mol. The van der Waals surface area contributed by atoms with Crippen molar-refractivity contribution < 1.29 is 4.42 Å². The van der Waals surface area contributed by atoms with Crippen molar-refractivity contribution in [3.05, 3.63) is 64.4 Å². The zero-order chi connectivity index (χ0) is 17.6. The summed E-state index contributed by atoms with van der Waals surface area (Å²) in [5, 5.41) is 11.9. The van der Waals surface area contributed by atoms with Gasteiger partial charge in [0.05, 0.1) is 17.3 Å². The fraction of sp³-hybridized carbons (Fsp3) is 0.300. The van der Waals surface area contributed by atoms with Gasteiger partial charge in [-0.3, -0.25) is 4.90 Å². The van der Waals surface area contributed by atoms with Gasteiger partial charge in [-0.2, -0.15) is 5.26 Å². The van der Waals surface area contributed by atoms with Gasteiger partial charge in [0.25, 0.3) is 0 Å². The molecule has 4 nitrogen and oxygen atoms in total. The van der Waals surface area contributed by atoms with E-state index in [0.717, 1.165) is 48.3 Å². The van der Waals surface area contributed by atoms with E-state index < -0.39 is 0 Å². The highest BCUT2D eigenvalue weighted by Crippen LogP contribution is 2.26. The summed E-state index contributed by atoms with van der Waals surface area (Å²) in [4.78, 5) is 7.11. The number of hydrogen-bond acceptors (Lipinski definition) is 5. The first-order valence-corrected chi connectivity index (χ1v) is 9.28. The molecular formula is C20H21N3OS. The maximum atomic E-state index is 8.91. The minimum absolute atomic E-state index is 0.698. The molecule has 0 atom stereocenters. The average Bonchev–Trinajstić information content (AvgIpc) is 3.25. The van der Waals surface area contributed by atoms with Crippen LogP contribution in [-0.4, -0.2) is 16.4 Å². The van der Waals surface area contributed by atoms with Crippen molar-refractivity contribution >= 4 is 11.3 Å². The van der Waals surface area contributed by atoms with Gasteiger partial charge >= 0.3 is 0 Å². The van der Waals surface area contributed by atoms with Gasteiger partial charge < -0.3 is 4.42 Å². The highest BCUT2D eigenvalue weighted by molar-refractivity contribution is 7.13. The number of hydrogen-bond donors (Lipinski definition) is 0. The predicted octanol–water partition coefficient (Wildman–Crippen LogP) is 5.00. The fourth-order valence-corrected chi connectivity index (χ4v) is 3.52. The van der Waals surface area contributed by atoms with Gasteiger partial charge in [-0.05, 0) is 49.7 Å². The predicted molar refractivity (Wildman–Crippen MR) is 100 cm³/mol. The van der Waals surface area contributed by atoms with Crippen LogP contribution in [0.3, 0.4) is 0 Å². The molecule has 0 unspecified atom stereocenters. The Morgan fingerprint density at radius 1 is 1.16 bits per heavy atom. The number of thiazole rings is 1. The highest BCUT2D eigenvalue weighted by atomic mass is 32.1. The van der Waals surface area contributed by atoms with Crippen LogP contribution in [0.1, 0.15) is 35.9 Å². The number of rotatable bonds is 7. The number of aromatic nitrogens is 1. The van der Waals surface area contributed by atoms with E-state index in [4.69, 9.17) is 14.7 Å². The van der Waals surface area contributed by atoms with Gasteiger partial charge in [0, 0.05) is 18.5 Å². The van der Waals surface area contributed by atoms with Gasteiger partial charge in [-0.25, -0.2) is 4.98 Å². The van der Waals surface area contributed by atoms with Crippen LogP contribution < -0.4 is 0 Å². The second kappa shape index (κ2) is 8.11. The van der Waals surface area contributed by atoms with E-state index in [1.54, 1.807) is 11.3 Å². The fourth-order valence-electron chi connectivity index (χ4n) is 2.74. The van der Waals surface area contributed by atoms with Gasteiger partial charge in [-0.1, -0.05) is 19.1 Å². The number of nitriles is 1. The normalized spacial score (nSPS) is 11.0. The third kappa shape index (κ3) is 4.56. The topological polar surface area (TPSA) is 53.1 Å². The molecule has 0 amide bonds. The molecule has 0 N–H and O–H groups in total. The van der Waals surface area contributed by atoms with Crippen LogP contribution in [0.25, 0.3) is 10.8 Å². The van der Waals surface area contributed by atoms with Gasteiger partial charge in [0.1, 0.15) is 5.76 Å². The van der Waals surface area contributed by atoms with Crippen molar-refractivity contribution in [2.45, 2.75) is 33.4 Å². The summed E-state index contributed by atoms with van der Waals surface area (Å²) in [5.74, 6) is 1.74. The molecule has 0 aliphatic carbocycles. The number of nitrogens with zero attached hydrogens (tertiary/aromatic N) is 3. The molecule has 0 aliphatic heterocycles. The molecule has 0 saturated carbocycles. The maximum absolute atomic E-state index is 8.91. The molecule has 5 heteroatoms. The van der Waals surface area contributed by atoms with Gasteiger partial charge in [0.2, 0.25) is 0 Å². The Bertz CT molecular complexity index is 858. The first kappa shape index (κ1) is 17.4. The van der Waals surface area contributed by atoms with E-state index in [1.807, 2.05) is 43.3 Å². The molecule has 2 aromatic heterocycles. The summed E-state index contributed by atoms with van der Waals surface area (Å²) in [6.45, 7) is 6.80. The number of aryl methyl sites for hydroxylation is 1. The van der Waals surface area contributed by atoms with Crippen LogP contribution in [0.2, 0.25) is 0 Å². The van der Waals surface area contributed by atoms with Crippen molar-refractivity contribution in [3.8, 4) is 16.8 Å². The summed E-state index contributed by atoms with van der Waals surface area (Å²) in [7, 11) is 0. The van der Waals surface area contributed by atoms with Crippen LogP contribution in [0.15, 0.2) is 46.2 Å². The molecule has 0 bridgehead atoms. The molecule has 2 heterocycles. The lowest BCUT2D eigenvalue weighted by molar-refractivity contribution is 0.255. The summed E-state index contributed by atoms with van der Waals surface area (Å²) < 4.78 is 5.66. The second-order valence-corrected chi connectivity index (χ2v) is 6.93. The Kier molecular flexibility index (Phi) is 5.64. The standard InChI is InChI=1S/C20H21N3OS/c1-3-10-23(12-17-7-5-16(11-21)6-8-17)13-18-14-25-20(22-18)19-9-4-15(2)24-19/h4-9,14H,3,10,12-13H2,1-2H3. The van der Waals surface area contributed by atoms with Gasteiger partial charge in [-0.15, -0.1) is 11.3 Å². The van der Waals surface area contributed by atoms with E-state index >= 15 is 0 Å². The Balaban J connectivity index is 1.69. The summed E-state index contributed by atoms with van der Waals surface area (Å²) in [6.07, 6.45) is 1.09. The van der Waals surface area contributed by atoms with E-state index in [-0.39, 0.29) is 0 Å². The Morgan fingerprint density at radius 2 is 1.96 bits per heavy atom. The van der Waals surface area contributed by atoms with Crippen molar-refractivity contribution in [2.75, 3.05) is 6.54 Å². The zero-order valence-electron chi connectivity index (χ0n) is 14.5. The Hall–Kier alpha value is -2.42. The lowest BCUT2D eigenvalue weighted by Gasteiger charge is -2.20. The molecule has 0 spiro atoms. The quantitative estimate of drug-likeness (QED) is 0.601. The minimum Gasteiger partial charge on any atom is -0.459 e. The maximum Gasteiger partial charge on any atom is 0.162 e. The largest absolute Gasteiger partial charge is 0.459 e. The number of furan rings is 1.